The standard InChI is InChI=1S/C5H3F3N2S2/c6-5(7,8)2-1-9-4(12)10-3(2)11/h1H,(H2,9,10,11,12). The molecule has 0 saturated heterocycles. The van der Waals surface area contributed by atoms with E-state index in [0.29, 0.717) is 0 Å². The second-order valence-corrected chi connectivity index (χ2v) is 2.80. The van der Waals surface area contributed by atoms with E-state index in [1.54, 1.807) is 0 Å². The molecule has 7 heteroatoms. The Morgan fingerprint density at radius 1 is 1.25 bits per heavy atom. The fourth-order valence-electron chi connectivity index (χ4n) is 0.620. The van der Waals surface area contributed by atoms with Gasteiger partial charge in [-0.05, 0) is 12.2 Å². The van der Waals surface area contributed by atoms with Crippen molar-refractivity contribution in [2.45, 2.75) is 6.18 Å². The molecule has 0 aliphatic heterocycles. The Morgan fingerprint density at radius 2 is 1.83 bits per heavy atom. The molecule has 0 fully saturated rings. The van der Waals surface area contributed by atoms with E-state index in [-0.39, 0.29) is 4.77 Å². The predicted octanol–water partition coefficient (Wildman–Crippen LogP) is 2.82. The largest absolute Gasteiger partial charge is 0.420 e. The molecule has 2 nitrogen and oxygen atoms in total. The van der Waals surface area contributed by atoms with Crippen LogP contribution >= 0.6 is 24.4 Å². The van der Waals surface area contributed by atoms with Crippen molar-refractivity contribution >= 4 is 24.4 Å². The third-order valence-corrected chi connectivity index (χ3v) is 1.67. The molecule has 0 saturated carbocycles. The number of hydrogen-bond donors (Lipinski definition) is 2. The number of hydrogen-bond acceptors (Lipinski definition) is 2. The molecule has 0 aliphatic rings. The first kappa shape index (κ1) is 9.40. The van der Waals surface area contributed by atoms with Crippen LogP contribution in [-0.4, -0.2) is 9.97 Å². The van der Waals surface area contributed by atoms with Gasteiger partial charge >= 0.3 is 6.18 Å². The van der Waals surface area contributed by atoms with Crippen molar-refractivity contribution in [2.75, 3.05) is 0 Å². The van der Waals surface area contributed by atoms with Gasteiger partial charge in [0, 0.05) is 6.20 Å². The number of rotatable bonds is 0. The number of aromatic nitrogens is 2. The van der Waals surface area contributed by atoms with Crippen LogP contribution in [0.3, 0.4) is 0 Å². The van der Waals surface area contributed by atoms with Crippen molar-refractivity contribution in [3.05, 3.63) is 21.2 Å². The van der Waals surface area contributed by atoms with Crippen molar-refractivity contribution in [3.8, 4) is 0 Å². The van der Waals surface area contributed by atoms with Gasteiger partial charge < -0.3 is 9.97 Å². The van der Waals surface area contributed by atoms with Crippen molar-refractivity contribution in [3.63, 3.8) is 0 Å². The maximum Gasteiger partial charge on any atom is 0.420 e. The van der Waals surface area contributed by atoms with Gasteiger partial charge in [0.15, 0.2) is 4.77 Å². The normalized spacial score (nSPS) is 11.6. The summed E-state index contributed by atoms with van der Waals surface area (Å²) in [7, 11) is 0. The zero-order chi connectivity index (χ0) is 9.35. The average molecular weight is 212 g/mol. The third kappa shape index (κ3) is 1.92. The molecule has 0 amide bonds. The molecule has 0 atom stereocenters. The highest BCUT2D eigenvalue weighted by atomic mass is 32.1. The molecule has 2 N–H and O–H groups in total. The van der Waals surface area contributed by atoms with Crippen LogP contribution in [0.5, 0.6) is 0 Å². The summed E-state index contributed by atoms with van der Waals surface area (Å²) in [5.41, 5.74) is -0.911. The number of alkyl halides is 3. The highest BCUT2D eigenvalue weighted by Gasteiger charge is 2.32. The Labute approximate surface area is 75.4 Å². The Hall–Kier alpha value is -0.690. The van der Waals surface area contributed by atoms with Crippen molar-refractivity contribution < 1.29 is 13.2 Å². The molecule has 1 heterocycles. The van der Waals surface area contributed by atoms with Crippen molar-refractivity contribution in [1.82, 2.24) is 9.97 Å². The van der Waals surface area contributed by atoms with Gasteiger partial charge in [-0.2, -0.15) is 13.2 Å². The van der Waals surface area contributed by atoms with Crippen LogP contribution in [0.2, 0.25) is 0 Å². The summed E-state index contributed by atoms with van der Waals surface area (Å²) in [6, 6.07) is 0. The number of H-pyrrole nitrogens is 2. The van der Waals surface area contributed by atoms with E-state index in [9.17, 15) is 13.2 Å². The van der Waals surface area contributed by atoms with Crippen LogP contribution in [0.4, 0.5) is 13.2 Å². The van der Waals surface area contributed by atoms with Crippen LogP contribution in [0.25, 0.3) is 0 Å². The molecule has 1 aromatic rings. The summed E-state index contributed by atoms with van der Waals surface area (Å²) in [4.78, 5) is 4.42. The van der Waals surface area contributed by atoms with Crippen LogP contribution < -0.4 is 0 Å². The minimum absolute atomic E-state index is 0.0769. The Bertz CT molecular complexity index is 389. The monoisotopic (exact) mass is 212 g/mol. The summed E-state index contributed by atoms with van der Waals surface area (Å²) in [5, 5.41) is 0. The molecule has 0 spiro atoms. The van der Waals surface area contributed by atoms with Gasteiger partial charge in [0.05, 0.1) is 0 Å². The van der Waals surface area contributed by atoms with E-state index < -0.39 is 16.4 Å². The first-order valence-electron chi connectivity index (χ1n) is 2.80. The van der Waals surface area contributed by atoms with E-state index in [0.717, 1.165) is 6.20 Å². The van der Waals surface area contributed by atoms with Gasteiger partial charge in [-0.15, -0.1) is 0 Å². The molecule has 0 unspecified atom stereocenters. The fourth-order valence-corrected chi connectivity index (χ4v) is 1.12. The number of aromatic amines is 2. The average Bonchev–Trinajstić information content (AvgIpc) is 1.83. The SMILES string of the molecule is FC(F)(F)c1c[nH]c(=S)[nH]c1=S. The third-order valence-electron chi connectivity index (χ3n) is 1.12. The smallest absolute Gasteiger partial charge is 0.338 e. The van der Waals surface area contributed by atoms with Crippen LogP contribution in [0, 0.1) is 9.41 Å². The predicted molar refractivity (Wildman–Crippen MR) is 41.8 cm³/mol. The van der Waals surface area contributed by atoms with E-state index in [2.05, 4.69) is 34.4 Å². The van der Waals surface area contributed by atoms with Crippen LogP contribution in [0.15, 0.2) is 6.20 Å². The highest BCUT2D eigenvalue weighted by molar-refractivity contribution is 7.72. The van der Waals surface area contributed by atoms with Crippen molar-refractivity contribution in [1.29, 1.82) is 0 Å². The lowest BCUT2D eigenvalue weighted by molar-refractivity contribution is -0.138. The van der Waals surface area contributed by atoms with E-state index in [1.165, 1.54) is 0 Å². The van der Waals surface area contributed by atoms with Crippen LogP contribution in [0.1, 0.15) is 5.56 Å². The molecule has 12 heavy (non-hydrogen) atoms. The molecule has 0 aromatic carbocycles. The zero-order valence-electron chi connectivity index (χ0n) is 5.53. The Morgan fingerprint density at radius 3 is 2.25 bits per heavy atom. The number of halogens is 3. The van der Waals surface area contributed by atoms with Gasteiger partial charge in [0.25, 0.3) is 0 Å². The fraction of sp³-hybridized carbons (Fsp3) is 0.200. The van der Waals surface area contributed by atoms with Gasteiger partial charge in [-0.3, -0.25) is 0 Å². The lowest BCUT2D eigenvalue weighted by atomic mass is 10.3. The second kappa shape index (κ2) is 2.98. The zero-order valence-corrected chi connectivity index (χ0v) is 7.16. The Kier molecular flexibility index (Phi) is 2.34. The molecule has 0 aliphatic carbocycles. The lowest BCUT2D eigenvalue weighted by Gasteiger charge is -2.04. The van der Waals surface area contributed by atoms with Crippen LogP contribution in [-0.2, 0) is 6.18 Å². The van der Waals surface area contributed by atoms with Gasteiger partial charge in [-0.25, -0.2) is 0 Å². The molecule has 1 rings (SSSR count). The summed E-state index contributed by atoms with van der Waals surface area (Å²) < 4.78 is 35.8. The number of nitrogens with one attached hydrogen (secondary N) is 2. The molecule has 0 bridgehead atoms. The second-order valence-electron chi connectivity index (χ2n) is 1.98. The summed E-state index contributed by atoms with van der Waals surface area (Å²) in [6.45, 7) is 0. The minimum Gasteiger partial charge on any atom is -0.338 e. The summed E-state index contributed by atoms with van der Waals surface area (Å²) in [5.74, 6) is 0. The van der Waals surface area contributed by atoms with Crippen molar-refractivity contribution in [2.24, 2.45) is 0 Å². The first-order valence-corrected chi connectivity index (χ1v) is 3.62. The molecule has 0 radical (unpaired) electrons. The maximum absolute atomic E-state index is 12.0. The first-order chi connectivity index (χ1) is 5.41. The highest BCUT2D eigenvalue weighted by Crippen LogP contribution is 2.28. The maximum atomic E-state index is 12.0. The minimum atomic E-state index is -4.44. The topological polar surface area (TPSA) is 31.6 Å². The summed E-state index contributed by atoms with van der Waals surface area (Å²) >= 11 is 8.96. The quantitative estimate of drug-likeness (QED) is 0.648. The van der Waals surface area contributed by atoms with Gasteiger partial charge in [0.1, 0.15) is 10.2 Å². The molecule has 1 aromatic heterocycles. The Balaban J connectivity index is 3.39. The molecular formula is C5H3F3N2S2. The van der Waals surface area contributed by atoms with Gasteiger partial charge in [-0.1, -0.05) is 12.2 Å². The summed E-state index contributed by atoms with van der Waals surface area (Å²) in [6.07, 6.45) is -3.69. The van der Waals surface area contributed by atoms with E-state index in [4.69, 9.17) is 0 Å². The van der Waals surface area contributed by atoms with E-state index in [1.807, 2.05) is 0 Å². The van der Waals surface area contributed by atoms with E-state index >= 15 is 0 Å². The lowest BCUT2D eigenvalue weighted by Crippen LogP contribution is -2.07. The van der Waals surface area contributed by atoms with Gasteiger partial charge in [0.2, 0.25) is 0 Å². The molecular weight excluding hydrogens is 209 g/mol. The molecule has 66 valence electrons.